The fourth-order valence-electron chi connectivity index (χ4n) is 2.42. The zero-order valence-electron chi connectivity index (χ0n) is 15.0. The third kappa shape index (κ3) is 6.89. The van der Waals surface area contributed by atoms with E-state index in [1.807, 2.05) is 41.8 Å². The number of thiocarbonyl (C=S) groups is 1. The summed E-state index contributed by atoms with van der Waals surface area (Å²) in [5.41, 5.74) is 2.66. The van der Waals surface area contributed by atoms with Crippen LogP contribution in [0.2, 0.25) is 10.0 Å². The Bertz CT molecular complexity index is 1040. The molecule has 0 saturated carbocycles. The maximum absolute atomic E-state index is 10.5. The van der Waals surface area contributed by atoms with Crippen molar-refractivity contribution in [2.45, 2.75) is 6.42 Å². The molecule has 4 nitrogen and oxygen atoms in total. The number of halogens is 2. The molecule has 1 aromatic heterocycles. The van der Waals surface area contributed by atoms with E-state index in [0.29, 0.717) is 22.2 Å². The van der Waals surface area contributed by atoms with E-state index in [0.717, 1.165) is 21.7 Å². The van der Waals surface area contributed by atoms with E-state index in [4.69, 9.17) is 45.0 Å². The summed E-state index contributed by atoms with van der Waals surface area (Å²) in [6.07, 6.45) is 2.63. The molecule has 148 valence electrons. The van der Waals surface area contributed by atoms with Crippen LogP contribution in [0.5, 0.6) is 5.75 Å². The molecule has 0 fully saturated rings. The van der Waals surface area contributed by atoms with Crippen LogP contribution in [0.3, 0.4) is 0 Å². The van der Waals surface area contributed by atoms with Crippen molar-refractivity contribution < 1.29 is 14.7 Å². The average Bonchev–Trinajstić information content (AvgIpc) is 3.06. The highest BCUT2D eigenvalue weighted by Crippen LogP contribution is 2.39. The normalized spacial score (nSPS) is 10.3. The minimum absolute atomic E-state index is 0.186. The predicted octanol–water partition coefficient (Wildman–Crippen LogP) is 5.88. The highest BCUT2D eigenvalue weighted by atomic mass is 35.5. The van der Waals surface area contributed by atoms with Crippen molar-refractivity contribution in [3.63, 3.8) is 0 Å². The molecule has 0 atom stereocenters. The van der Waals surface area contributed by atoms with Crippen LogP contribution in [0, 0.1) is 0 Å². The van der Waals surface area contributed by atoms with Crippen LogP contribution in [0.15, 0.2) is 58.9 Å². The van der Waals surface area contributed by atoms with Crippen molar-refractivity contribution in [3.8, 4) is 16.2 Å². The van der Waals surface area contributed by atoms with Crippen molar-refractivity contribution in [1.82, 2.24) is 0 Å². The quantitative estimate of drug-likeness (QED) is 0.366. The number of carbonyl (C=O) groups excluding carboxylic acids is 2. The molecule has 0 amide bonds. The molecular weight excluding hydrogens is 449 g/mol. The fraction of sp³-hybridized carbons (Fsp3) is 0.0952. The molecule has 3 rings (SSSR count). The minimum atomic E-state index is 0.186. The van der Waals surface area contributed by atoms with Gasteiger partial charge in [0.25, 0.3) is 0 Å². The monoisotopic (exact) mass is 463 g/mol. The van der Waals surface area contributed by atoms with Gasteiger partial charge in [-0.15, -0.1) is 11.3 Å². The number of hydrogen-bond acceptors (Lipinski definition) is 6. The van der Waals surface area contributed by atoms with Crippen molar-refractivity contribution in [2.75, 3.05) is 6.54 Å². The molecule has 8 heteroatoms. The molecule has 3 aromatic rings. The number of thiophene rings is 1. The largest absolute Gasteiger partial charge is 0.506 e. The van der Waals surface area contributed by atoms with Gasteiger partial charge in [0.1, 0.15) is 5.75 Å². The van der Waals surface area contributed by atoms with E-state index in [2.05, 4.69) is 4.99 Å². The number of rotatable bonds is 6. The van der Waals surface area contributed by atoms with Gasteiger partial charge in [0.2, 0.25) is 0 Å². The molecule has 0 bridgehead atoms. The lowest BCUT2D eigenvalue weighted by molar-refractivity contribution is -0.191. The third-order valence-electron chi connectivity index (χ3n) is 3.72. The molecule has 0 aliphatic rings. The molecular formula is C21H15Cl2NO3S2. The lowest BCUT2D eigenvalue weighted by Gasteiger charge is -2.02. The second kappa shape index (κ2) is 11.6. The summed E-state index contributed by atoms with van der Waals surface area (Å²) in [5.74, 6) is 0.186. The molecule has 0 aliphatic heterocycles. The number of benzene rings is 2. The van der Waals surface area contributed by atoms with Crippen molar-refractivity contribution in [2.24, 2.45) is 4.99 Å². The molecule has 29 heavy (non-hydrogen) atoms. The van der Waals surface area contributed by atoms with Crippen LogP contribution >= 0.6 is 46.8 Å². The molecule has 1 N–H and O–H groups in total. The second-order valence-electron chi connectivity index (χ2n) is 5.75. The van der Waals surface area contributed by atoms with Crippen LogP contribution in [-0.2, 0) is 16.0 Å². The molecule has 0 unspecified atom stereocenters. The molecule has 0 spiro atoms. The Hall–Kier alpha value is -2.34. The highest BCUT2D eigenvalue weighted by molar-refractivity contribution is 7.80. The average molecular weight is 464 g/mol. The lowest BCUT2D eigenvalue weighted by Crippen LogP contribution is -2.04. The zero-order valence-corrected chi connectivity index (χ0v) is 18.1. The second-order valence-corrected chi connectivity index (χ2v) is 8.02. The topological polar surface area (TPSA) is 66.7 Å². The smallest absolute Gasteiger partial charge is 0.373 e. The number of nitrogens with zero attached hydrogens (tertiary/aromatic N) is 1. The standard InChI is InChI=1S/C20H15Cl2NOS2.CO2/c21-17-7-6-14(9-18(17)22)20-19(24)15(12-26-20)10-23-11-16(25)8-13-4-2-1-3-5-13;2-1-3/h1-7,9-10,12,24H,8,11H2;. The van der Waals surface area contributed by atoms with Gasteiger partial charge in [-0.2, -0.15) is 9.59 Å². The molecule has 1 heterocycles. The maximum atomic E-state index is 10.5. The van der Waals surface area contributed by atoms with Crippen LogP contribution in [-0.4, -0.2) is 28.9 Å². The Morgan fingerprint density at radius 1 is 1.14 bits per heavy atom. The number of aromatic hydroxyl groups is 1. The summed E-state index contributed by atoms with van der Waals surface area (Å²) in [7, 11) is 0. The van der Waals surface area contributed by atoms with Crippen LogP contribution in [0.1, 0.15) is 11.1 Å². The van der Waals surface area contributed by atoms with Gasteiger partial charge in [-0.1, -0.05) is 71.8 Å². The summed E-state index contributed by atoms with van der Waals surface area (Å²) >= 11 is 18.8. The first kappa shape index (κ1) is 22.9. The Balaban J connectivity index is 0.000000941. The first-order valence-electron chi connectivity index (χ1n) is 8.26. The summed E-state index contributed by atoms with van der Waals surface area (Å²) in [6.45, 7) is 0.446. The Labute approximate surface area is 187 Å². The van der Waals surface area contributed by atoms with E-state index in [1.54, 1.807) is 18.3 Å². The van der Waals surface area contributed by atoms with Gasteiger partial charge in [0.15, 0.2) is 0 Å². The minimum Gasteiger partial charge on any atom is -0.506 e. The van der Waals surface area contributed by atoms with Crippen molar-refractivity contribution in [1.29, 1.82) is 0 Å². The summed E-state index contributed by atoms with van der Waals surface area (Å²) in [6, 6.07) is 15.4. The maximum Gasteiger partial charge on any atom is 0.373 e. The summed E-state index contributed by atoms with van der Waals surface area (Å²) < 4.78 is 0. The first-order chi connectivity index (χ1) is 14.0. The zero-order chi connectivity index (χ0) is 21.2. The first-order valence-corrected chi connectivity index (χ1v) is 10.3. The molecule has 0 aliphatic carbocycles. The van der Waals surface area contributed by atoms with Crippen LogP contribution < -0.4 is 0 Å². The van der Waals surface area contributed by atoms with Crippen molar-refractivity contribution >= 4 is 64.0 Å². The van der Waals surface area contributed by atoms with Gasteiger partial charge in [-0.25, -0.2) is 0 Å². The van der Waals surface area contributed by atoms with E-state index >= 15 is 0 Å². The van der Waals surface area contributed by atoms with Crippen LogP contribution in [0.4, 0.5) is 0 Å². The summed E-state index contributed by atoms with van der Waals surface area (Å²) in [4.78, 5) is 22.2. The fourth-order valence-corrected chi connectivity index (χ4v) is 3.87. The Morgan fingerprint density at radius 3 is 2.48 bits per heavy atom. The SMILES string of the molecule is O=C=O.Oc1c(C=NCC(=S)Cc2ccccc2)csc1-c1ccc(Cl)c(Cl)c1. The van der Waals surface area contributed by atoms with E-state index < -0.39 is 0 Å². The van der Waals surface area contributed by atoms with Gasteiger partial charge < -0.3 is 5.11 Å². The van der Waals surface area contributed by atoms with Gasteiger partial charge in [0, 0.05) is 28.4 Å². The highest BCUT2D eigenvalue weighted by Gasteiger charge is 2.12. The van der Waals surface area contributed by atoms with Gasteiger partial charge in [0.05, 0.1) is 21.5 Å². The van der Waals surface area contributed by atoms with Gasteiger partial charge >= 0.3 is 6.15 Å². The van der Waals surface area contributed by atoms with E-state index in [1.165, 1.54) is 16.9 Å². The molecule has 0 saturated heterocycles. The molecule has 2 aromatic carbocycles. The summed E-state index contributed by atoms with van der Waals surface area (Å²) in [5, 5.41) is 13.3. The Morgan fingerprint density at radius 2 is 1.83 bits per heavy atom. The van der Waals surface area contributed by atoms with Crippen LogP contribution in [0.25, 0.3) is 10.4 Å². The van der Waals surface area contributed by atoms with Crippen molar-refractivity contribution in [3.05, 3.63) is 75.1 Å². The Kier molecular flexibility index (Phi) is 9.19. The number of hydrogen-bond donors (Lipinski definition) is 1. The molecule has 0 radical (unpaired) electrons. The van der Waals surface area contributed by atoms with E-state index in [9.17, 15) is 5.11 Å². The third-order valence-corrected chi connectivity index (χ3v) is 5.77. The van der Waals surface area contributed by atoms with E-state index in [-0.39, 0.29) is 11.9 Å². The predicted molar refractivity (Wildman–Crippen MR) is 122 cm³/mol. The van der Waals surface area contributed by atoms with Gasteiger partial charge in [-0.3, -0.25) is 4.99 Å². The number of aliphatic imine (C=N–C) groups is 1. The van der Waals surface area contributed by atoms with Gasteiger partial charge in [-0.05, 0) is 23.3 Å². The lowest BCUT2D eigenvalue weighted by atomic mass is 10.1.